The summed E-state index contributed by atoms with van der Waals surface area (Å²) in [7, 11) is -9.04. The Bertz CT molecular complexity index is 2270. The Hall–Kier alpha value is -2.21. The Kier molecular flexibility index (Phi) is 11.9. The number of nitrogens with zero attached hydrogens (tertiary/aromatic N) is 3. The molecule has 5 aromatic rings. The molecule has 15 heteroatoms. The Morgan fingerprint density at radius 2 is 1.58 bits per heavy atom. The summed E-state index contributed by atoms with van der Waals surface area (Å²) in [6.45, 7) is 0.669. The first-order valence-electron chi connectivity index (χ1n) is 14.6. The van der Waals surface area contributed by atoms with Crippen LogP contribution in [0.1, 0.15) is 23.4 Å². The summed E-state index contributed by atoms with van der Waals surface area (Å²) < 4.78 is 86.9. The van der Waals surface area contributed by atoms with Crippen molar-refractivity contribution >= 4 is 81.6 Å². The van der Waals surface area contributed by atoms with Crippen LogP contribution in [0.5, 0.6) is 0 Å². The van der Waals surface area contributed by atoms with Gasteiger partial charge in [0, 0.05) is 31.0 Å². The van der Waals surface area contributed by atoms with Crippen LogP contribution in [0.3, 0.4) is 0 Å². The molecular weight excluding hydrogens is 724 g/mol. The van der Waals surface area contributed by atoms with Crippen molar-refractivity contribution in [2.24, 2.45) is 0 Å². The first-order chi connectivity index (χ1) is 22.4. The summed E-state index contributed by atoms with van der Waals surface area (Å²) in [6.07, 6.45) is 5.69. The Labute approximate surface area is 329 Å². The van der Waals surface area contributed by atoms with Gasteiger partial charge in [0.2, 0.25) is 11.4 Å². The van der Waals surface area contributed by atoms with Gasteiger partial charge < -0.3 is 18.9 Å². The van der Waals surface area contributed by atoms with Crippen molar-refractivity contribution in [1.82, 2.24) is 0 Å². The van der Waals surface area contributed by atoms with Crippen LogP contribution < -0.4 is 65.8 Å². The summed E-state index contributed by atoms with van der Waals surface area (Å²) >= 11 is 7.58. The monoisotopic (exact) mass is 751 g/mol. The van der Waals surface area contributed by atoms with E-state index in [1.807, 2.05) is 76.5 Å². The van der Waals surface area contributed by atoms with Gasteiger partial charge in [0.25, 0.3) is 5.01 Å². The Balaban J connectivity index is 0.00000451. The van der Waals surface area contributed by atoms with Crippen LogP contribution in [0.2, 0.25) is 5.02 Å². The number of thiazole rings is 1. The molecule has 1 aliphatic heterocycles. The molecule has 48 heavy (non-hydrogen) atoms. The van der Waals surface area contributed by atoms with Gasteiger partial charge in [0.05, 0.1) is 31.9 Å². The third-order valence-electron chi connectivity index (χ3n) is 7.75. The second-order valence-corrected chi connectivity index (χ2v) is 15.4. The number of anilines is 2. The van der Waals surface area contributed by atoms with E-state index in [4.69, 9.17) is 11.6 Å². The summed E-state index contributed by atoms with van der Waals surface area (Å²) in [5.41, 5.74) is 2.76. The van der Waals surface area contributed by atoms with E-state index in [0.29, 0.717) is 40.7 Å². The SMILES string of the molecule is O=S(=O)([O-])CCCCN1/C(=C/C=C/c2sc3ccc4ccccc4c3[n+]2CS(=O)(=O)[O-])N(Cc2ccccc2)c2cc(Cl)c(F)cc21.[K+]. The molecule has 9 nitrogen and oxygen atoms in total. The number of allylic oxidation sites excluding steroid dienone is 2. The minimum Gasteiger partial charge on any atom is -0.748 e. The van der Waals surface area contributed by atoms with Gasteiger partial charge in [0.1, 0.15) is 16.3 Å². The van der Waals surface area contributed by atoms with E-state index in [-0.39, 0.29) is 69.4 Å². The summed E-state index contributed by atoms with van der Waals surface area (Å²) in [5, 5.41) is 2.18. The van der Waals surface area contributed by atoms with E-state index < -0.39 is 37.7 Å². The van der Waals surface area contributed by atoms with Crippen molar-refractivity contribution in [2.45, 2.75) is 25.3 Å². The standard InChI is InChI=1S/C33H29ClFN3O6S3.K/c34-26-19-28-29(20-27(26)35)36(17-6-7-18-46(39,40)41)31(37(28)21-23-9-2-1-3-10-23)13-8-14-32-38(22-47(42,43)44)33-25-12-5-4-11-24(25)15-16-30(33)45-32;/h1-5,8-16,19-20H,6-7,17-18,21-22H2,(H-,39,40,41,42,43,44);/q;+1/p-1. The van der Waals surface area contributed by atoms with Gasteiger partial charge in [-0.15, -0.1) is 0 Å². The average molecular weight is 752 g/mol. The van der Waals surface area contributed by atoms with Crippen molar-refractivity contribution in [1.29, 1.82) is 0 Å². The average Bonchev–Trinajstić information content (AvgIpc) is 3.49. The van der Waals surface area contributed by atoms with E-state index in [9.17, 15) is 30.3 Å². The second kappa shape index (κ2) is 15.4. The van der Waals surface area contributed by atoms with E-state index in [0.717, 1.165) is 21.0 Å². The van der Waals surface area contributed by atoms with E-state index in [2.05, 4.69) is 0 Å². The van der Waals surface area contributed by atoms with Gasteiger partial charge in [0.15, 0.2) is 10.1 Å². The molecule has 0 unspecified atom stereocenters. The molecule has 1 aromatic heterocycles. The molecule has 1 aliphatic rings. The smallest absolute Gasteiger partial charge is 0.748 e. The summed E-state index contributed by atoms with van der Waals surface area (Å²) in [4.78, 5) is 3.80. The first kappa shape index (κ1) is 37.1. The van der Waals surface area contributed by atoms with Gasteiger partial charge in [-0.25, -0.2) is 21.2 Å². The predicted octanol–water partition coefficient (Wildman–Crippen LogP) is 3.35. The predicted molar refractivity (Wildman–Crippen MR) is 182 cm³/mol. The first-order valence-corrected chi connectivity index (χ1v) is 18.9. The van der Waals surface area contributed by atoms with Crippen molar-refractivity contribution in [3.05, 3.63) is 118 Å². The zero-order valence-electron chi connectivity index (χ0n) is 25.8. The fraction of sp³-hybridized carbons (Fsp3) is 0.182. The number of halogens is 2. The maximum Gasteiger partial charge on any atom is 1.00 e. The fourth-order valence-corrected chi connectivity index (χ4v) is 8.22. The Morgan fingerprint density at radius 3 is 2.31 bits per heavy atom. The molecule has 0 aliphatic carbocycles. The molecular formula is C33H28ClFKN3O6S3. The number of aromatic nitrogens is 1. The molecule has 0 amide bonds. The molecule has 0 N–H and O–H groups in total. The van der Waals surface area contributed by atoms with Crippen LogP contribution in [0.25, 0.3) is 27.1 Å². The normalized spacial score (nSPS) is 14.4. The maximum atomic E-state index is 14.8. The quantitative estimate of drug-likeness (QED) is 0.0872. The van der Waals surface area contributed by atoms with E-state index in [1.54, 1.807) is 24.3 Å². The van der Waals surface area contributed by atoms with Gasteiger partial charge >= 0.3 is 51.4 Å². The second-order valence-electron chi connectivity index (χ2n) is 11.0. The minimum absolute atomic E-state index is 0. The third kappa shape index (κ3) is 8.56. The largest absolute Gasteiger partial charge is 1.00 e. The van der Waals surface area contributed by atoms with Crippen LogP contribution in [0, 0.1) is 5.82 Å². The molecule has 0 radical (unpaired) electrons. The number of rotatable bonds is 11. The molecule has 0 fully saturated rings. The minimum atomic E-state index is -4.65. The van der Waals surface area contributed by atoms with Gasteiger partial charge in [-0.1, -0.05) is 83.6 Å². The number of hydrogen-bond donors (Lipinski definition) is 0. The molecule has 4 aromatic carbocycles. The zero-order valence-corrected chi connectivity index (χ0v) is 32.1. The van der Waals surface area contributed by atoms with E-state index >= 15 is 0 Å². The molecule has 0 saturated heterocycles. The fourth-order valence-electron chi connectivity index (χ4n) is 5.75. The van der Waals surface area contributed by atoms with Crippen molar-refractivity contribution in [3.63, 3.8) is 0 Å². The van der Waals surface area contributed by atoms with Crippen molar-refractivity contribution in [2.75, 3.05) is 22.1 Å². The molecule has 0 spiro atoms. The molecule has 0 atom stereocenters. The summed E-state index contributed by atoms with van der Waals surface area (Å²) in [6, 6.07) is 23.8. The molecule has 244 valence electrons. The summed E-state index contributed by atoms with van der Waals surface area (Å²) in [5.74, 6) is -1.26. The van der Waals surface area contributed by atoms with Crippen LogP contribution in [-0.4, -0.2) is 38.2 Å². The van der Waals surface area contributed by atoms with Crippen LogP contribution in [0.4, 0.5) is 15.8 Å². The number of fused-ring (bicyclic) bond motifs is 4. The molecule has 0 bridgehead atoms. The number of hydrogen-bond acceptors (Lipinski definition) is 9. The van der Waals surface area contributed by atoms with Crippen LogP contribution in [-0.2, 0) is 32.7 Å². The third-order valence-corrected chi connectivity index (χ3v) is 10.5. The number of benzene rings is 4. The zero-order chi connectivity index (χ0) is 33.3. The maximum absolute atomic E-state index is 14.8. The molecule has 0 saturated carbocycles. The molecule has 2 heterocycles. The topological polar surface area (TPSA) is 125 Å². The van der Waals surface area contributed by atoms with E-state index in [1.165, 1.54) is 22.0 Å². The van der Waals surface area contributed by atoms with Crippen LogP contribution >= 0.6 is 22.9 Å². The van der Waals surface area contributed by atoms with Crippen molar-refractivity contribution in [3.8, 4) is 0 Å². The van der Waals surface area contributed by atoms with Gasteiger partial charge in [-0.3, -0.25) is 0 Å². The molecule has 6 rings (SSSR count). The van der Waals surface area contributed by atoms with Gasteiger partial charge in [-0.05, 0) is 48.1 Å². The number of unbranched alkanes of at least 4 members (excludes halogenated alkanes) is 1. The van der Waals surface area contributed by atoms with Crippen LogP contribution in [0.15, 0.2) is 96.8 Å². The Morgan fingerprint density at radius 1 is 0.875 bits per heavy atom. The van der Waals surface area contributed by atoms with Gasteiger partial charge in [-0.2, -0.15) is 4.57 Å². The van der Waals surface area contributed by atoms with Crippen molar-refractivity contribution < 1.29 is 86.3 Å².